The fraction of sp³-hybridized carbons (Fsp3) is 0.0667. The lowest BCUT2D eigenvalue weighted by Crippen LogP contribution is -2.08. The van der Waals surface area contributed by atoms with Crippen LogP contribution in [0.4, 0.5) is 0 Å². The molecule has 1 aromatic carbocycles. The molecule has 0 aliphatic carbocycles. The highest BCUT2D eigenvalue weighted by Gasteiger charge is 2.17. The van der Waals surface area contributed by atoms with Crippen molar-refractivity contribution >= 4 is 51.2 Å². The molecule has 0 saturated heterocycles. The third-order valence-electron chi connectivity index (χ3n) is 3.20. The summed E-state index contributed by atoms with van der Waals surface area (Å²) in [4.78, 5) is 5.87. The second-order valence-electron chi connectivity index (χ2n) is 4.87. The number of hydrogen-bond donors (Lipinski definition) is 3. The Morgan fingerprint density at radius 3 is 2.71 bits per heavy atom. The summed E-state index contributed by atoms with van der Waals surface area (Å²) in [6.45, 7) is 0. The van der Waals surface area contributed by atoms with Crippen molar-refractivity contribution in [1.82, 2.24) is 4.98 Å². The van der Waals surface area contributed by atoms with Crippen molar-refractivity contribution in [3.05, 3.63) is 50.5 Å². The Bertz CT molecular complexity index is 918. The minimum absolute atomic E-state index is 0.0108. The van der Waals surface area contributed by atoms with Crippen LogP contribution in [0.3, 0.4) is 0 Å². The number of thiazole rings is 1. The fourth-order valence-corrected chi connectivity index (χ4v) is 4.91. The Morgan fingerprint density at radius 1 is 1.38 bits per heavy atom. The van der Waals surface area contributed by atoms with Gasteiger partial charge >= 0.3 is 0 Å². The zero-order chi connectivity index (χ0) is 17.3. The second-order valence-corrected chi connectivity index (χ2v) is 8.23. The molecule has 24 heavy (non-hydrogen) atoms. The summed E-state index contributed by atoms with van der Waals surface area (Å²) < 4.78 is 20.4. The normalized spacial score (nSPS) is 12.2. The standard InChI is InChI=1S/C15H12ClN3O2S3/c16-9-3-1-8(2-4-9)11-6-22-15(19-11)10-5-12(14(17)18)23-13(10)7-24(20)21/h1-6H,7H2,(H3,17,18)(H,20,21). The van der Waals surface area contributed by atoms with Gasteiger partial charge in [-0.1, -0.05) is 23.7 Å². The van der Waals surface area contributed by atoms with Crippen LogP contribution < -0.4 is 5.73 Å². The molecule has 0 radical (unpaired) electrons. The van der Waals surface area contributed by atoms with Crippen LogP contribution in [0.1, 0.15) is 9.75 Å². The molecular formula is C15H12ClN3O2S3. The number of nitrogens with one attached hydrogen (secondary N) is 1. The van der Waals surface area contributed by atoms with E-state index in [1.165, 1.54) is 22.7 Å². The SMILES string of the molecule is N=C(N)c1cc(-c2nc(-c3ccc(Cl)cc3)cs2)c(CS(=O)O)s1. The van der Waals surface area contributed by atoms with Gasteiger partial charge in [0.1, 0.15) is 10.8 Å². The van der Waals surface area contributed by atoms with Crippen LogP contribution in [0.15, 0.2) is 35.7 Å². The highest BCUT2D eigenvalue weighted by atomic mass is 35.5. The molecule has 0 bridgehead atoms. The van der Waals surface area contributed by atoms with Crippen LogP contribution in [0.5, 0.6) is 0 Å². The summed E-state index contributed by atoms with van der Waals surface area (Å²) in [5.74, 6) is -0.0749. The topological polar surface area (TPSA) is 100 Å². The highest BCUT2D eigenvalue weighted by molar-refractivity contribution is 7.78. The smallest absolute Gasteiger partial charge is 0.158 e. The number of rotatable bonds is 5. The maximum atomic E-state index is 11.2. The third kappa shape index (κ3) is 3.73. The molecule has 1 atom stereocenters. The van der Waals surface area contributed by atoms with Gasteiger partial charge in [-0.2, -0.15) is 0 Å². The number of nitrogens with two attached hydrogens (primary N) is 1. The van der Waals surface area contributed by atoms with Gasteiger partial charge in [-0.15, -0.1) is 22.7 Å². The van der Waals surface area contributed by atoms with Crippen LogP contribution in [-0.2, 0) is 16.8 Å². The van der Waals surface area contributed by atoms with Crippen LogP contribution >= 0.6 is 34.3 Å². The summed E-state index contributed by atoms with van der Waals surface area (Å²) in [5.41, 5.74) is 8.03. The van der Waals surface area contributed by atoms with E-state index in [0.717, 1.165) is 21.8 Å². The van der Waals surface area contributed by atoms with E-state index in [1.807, 2.05) is 17.5 Å². The number of benzene rings is 1. The van der Waals surface area contributed by atoms with E-state index in [9.17, 15) is 8.76 Å². The minimum atomic E-state index is -1.97. The van der Waals surface area contributed by atoms with Crippen molar-refractivity contribution < 1.29 is 8.76 Å². The molecule has 0 spiro atoms. The predicted molar refractivity (Wildman–Crippen MR) is 101 cm³/mol. The van der Waals surface area contributed by atoms with Crippen molar-refractivity contribution in [2.45, 2.75) is 5.75 Å². The molecule has 3 aromatic rings. The lowest BCUT2D eigenvalue weighted by atomic mass is 10.2. The van der Waals surface area contributed by atoms with Crippen LogP contribution in [-0.4, -0.2) is 19.6 Å². The number of nitrogens with zero attached hydrogens (tertiary/aromatic N) is 1. The molecule has 9 heteroatoms. The van der Waals surface area contributed by atoms with E-state index < -0.39 is 11.1 Å². The predicted octanol–water partition coefficient (Wildman–Crippen LogP) is 4.20. The van der Waals surface area contributed by atoms with Crippen LogP contribution in [0.2, 0.25) is 5.02 Å². The van der Waals surface area contributed by atoms with E-state index >= 15 is 0 Å². The molecule has 0 fully saturated rings. The van der Waals surface area contributed by atoms with Crippen molar-refractivity contribution in [2.75, 3.05) is 0 Å². The summed E-state index contributed by atoms with van der Waals surface area (Å²) in [6.07, 6.45) is 0. The maximum Gasteiger partial charge on any atom is 0.158 e. The molecule has 0 amide bonds. The molecule has 0 saturated carbocycles. The van der Waals surface area contributed by atoms with Gasteiger partial charge in [0.15, 0.2) is 11.1 Å². The molecule has 2 heterocycles. The third-order valence-corrected chi connectivity index (χ3v) is 6.22. The number of aromatic nitrogens is 1. The first-order chi connectivity index (χ1) is 11.4. The summed E-state index contributed by atoms with van der Waals surface area (Å²) in [7, 11) is 0. The molecular weight excluding hydrogens is 386 g/mol. The van der Waals surface area contributed by atoms with Crippen molar-refractivity contribution in [3.63, 3.8) is 0 Å². The van der Waals surface area contributed by atoms with Gasteiger partial charge in [-0.05, 0) is 18.2 Å². The summed E-state index contributed by atoms with van der Waals surface area (Å²) >= 11 is 6.61. The van der Waals surface area contributed by atoms with Crippen molar-refractivity contribution in [2.24, 2.45) is 5.73 Å². The van der Waals surface area contributed by atoms with E-state index in [1.54, 1.807) is 18.2 Å². The van der Waals surface area contributed by atoms with E-state index in [-0.39, 0.29) is 11.6 Å². The van der Waals surface area contributed by atoms with Crippen molar-refractivity contribution in [3.8, 4) is 21.8 Å². The monoisotopic (exact) mass is 397 g/mol. The maximum absolute atomic E-state index is 11.2. The summed E-state index contributed by atoms with van der Waals surface area (Å²) in [6, 6.07) is 9.13. The molecule has 124 valence electrons. The number of halogens is 1. The first-order valence-electron chi connectivity index (χ1n) is 6.70. The first kappa shape index (κ1) is 17.2. The van der Waals surface area contributed by atoms with Gasteiger partial charge in [-0.3, -0.25) is 5.41 Å². The molecule has 5 nitrogen and oxygen atoms in total. The minimum Gasteiger partial charge on any atom is -0.383 e. The van der Waals surface area contributed by atoms with Crippen molar-refractivity contribution in [1.29, 1.82) is 5.41 Å². The first-order valence-corrected chi connectivity index (χ1v) is 10.1. The van der Waals surface area contributed by atoms with Gasteiger partial charge in [0, 0.05) is 26.4 Å². The van der Waals surface area contributed by atoms with Gasteiger partial charge in [0.25, 0.3) is 0 Å². The highest BCUT2D eigenvalue weighted by Crippen LogP contribution is 2.36. The van der Waals surface area contributed by atoms with E-state index in [2.05, 4.69) is 4.98 Å². The average Bonchev–Trinajstić information content (AvgIpc) is 3.14. The Morgan fingerprint density at radius 2 is 2.08 bits per heavy atom. The summed E-state index contributed by atoms with van der Waals surface area (Å²) in [5, 5.41) is 10.9. The molecule has 0 aliphatic heterocycles. The van der Waals surface area contributed by atoms with Gasteiger partial charge < -0.3 is 10.3 Å². The Labute approximate surface area is 153 Å². The zero-order valence-electron chi connectivity index (χ0n) is 12.2. The number of thiophene rings is 1. The van der Waals surface area contributed by atoms with Gasteiger partial charge in [0.2, 0.25) is 0 Å². The lowest BCUT2D eigenvalue weighted by Gasteiger charge is -1.98. The quantitative estimate of drug-likeness (QED) is 0.341. The fourth-order valence-electron chi connectivity index (χ4n) is 2.11. The van der Waals surface area contributed by atoms with E-state index in [0.29, 0.717) is 14.8 Å². The van der Waals surface area contributed by atoms with Crippen LogP contribution in [0.25, 0.3) is 21.8 Å². The Hall–Kier alpha value is -1.58. The van der Waals surface area contributed by atoms with Gasteiger partial charge in [0.05, 0.1) is 16.3 Å². The molecule has 3 rings (SSSR count). The Balaban J connectivity index is 2.01. The average molecular weight is 398 g/mol. The number of nitrogen functional groups attached to an aromatic ring is 1. The lowest BCUT2D eigenvalue weighted by molar-refractivity contribution is 0.564. The Kier molecular flexibility index (Phi) is 5.12. The number of amidine groups is 1. The molecule has 2 aromatic heterocycles. The van der Waals surface area contributed by atoms with Gasteiger partial charge in [-0.25, -0.2) is 9.19 Å². The number of hydrogen-bond acceptors (Lipinski definition) is 5. The zero-order valence-corrected chi connectivity index (χ0v) is 15.4. The van der Waals surface area contributed by atoms with E-state index in [4.69, 9.17) is 22.7 Å². The second kappa shape index (κ2) is 7.12. The largest absolute Gasteiger partial charge is 0.383 e. The molecule has 1 unspecified atom stereocenters. The molecule has 4 N–H and O–H groups in total. The van der Waals surface area contributed by atoms with Crippen LogP contribution in [0, 0.1) is 5.41 Å². The molecule has 0 aliphatic rings.